The molecule has 20 heavy (non-hydrogen) atoms. The second kappa shape index (κ2) is 5.71. The summed E-state index contributed by atoms with van der Waals surface area (Å²) in [6.45, 7) is 3.93. The number of alkyl halides is 1. The van der Waals surface area contributed by atoms with E-state index in [1.54, 1.807) is 0 Å². The van der Waals surface area contributed by atoms with Crippen LogP contribution in [0.2, 0.25) is 0 Å². The van der Waals surface area contributed by atoms with Crippen molar-refractivity contribution in [2.45, 2.75) is 18.7 Å². The number of nitrogens with one attached hydrogen (secondary N) is 1. The van der Waals surface area contributed by atoms with Gasteiger partial charge >= 0.3 is 0 Å². The normalized spacial score (nSPS) is 20.5. The minimum absolute atomic E-state index is 0. The van der Waals surface area contributed by atoms with Crippen LogP contribution in [0.3, 0.4) is 0 Å². The number of hydrogen-bond donors (Lipinski definition) is 0. The fourth-order valence-corrected chi connectivity index (χ4v) is 2.81. The van der Waals surface area contributed by atoms with Crippen molar-refractivity contribution < 1.29 is 37.5 Å². The first-order valence-electron chi connectivity index (χ1n) is 6.11. The van der Waals surface area contributed by atoms with Crippen molar-refractivity contribution in [3.63, 3.8) is 0 Å². The molecule has 1 amide bonds. The van der Waals surface area contributed by atoms with Crippen LogP contribution in [0.5, 0.6) is 0 Å². The predicted octanol–water partition coefficient (Wildman–Crippen LogP) is 3.47. The van der Waals surface area contributed by atoms with Gasteiger partial charge in [0.25, 0.3) is 0 Å². The van der Waals surface area contributed by atoms with Crippen LogP contribution in [-0.2, 0) is 56.2 Å². The summed E-state index contributed by atoms with van der Waals surface area (Å²) in [4.78, 5) is 15.9. The number of benzene rings is 1. The molecule has 1 unspecified atom stereocenters. The van der Waals surface area contributed by atoms with Gasteiger partial charge in [-0.25, -0.2) is 0 Å². The number of hydrogen-bond acceptors (Lipinski definition) is 2. The Hall–Kier alpha value is -0.506. The van der Waals surface area contributed by atoms with Gasteiger partial charge in [-0.2, -0.15) is 0 Å². The number of aromatic nitrogens is 1. The monoisotopic (exact) mass is 361 g/mol. The summed E-state index contributed by atoms with van der Waals surface area (Å²) in [5.74, 6) is -0.209. The molecule has 5 heteroatoms. The molecule has 1 aliphatic rings. The molecule has 0 bridgehead atoms. The summed E-state index contributed by atoms with van der Waals surface area (Å²) in [6, 6.07) is 7.94. The van der Waals surface area contributed by atoms with Gasteiger partial charge in [0.05, 0.1) is 17.1 Å². The molecule has 1 aromatic carbocycles. The molecule has 3 rings (SSSR count). The van der Waals surface area contributed by atoms with Gasteiger partial charge in [-0.1, -0.05) is 6.07 Å². The van der Waals surface area contributed by atoms with E-state index < -0.39 is 11.3 Å². The van der Waals surface area contributed by atoms with Gasteiger partial charge in [-0.05, 0) is 42.2 Å². The maximum Gasteiger partial charge on any atom is 0.0708 e. The van der Waals surface area contributed by atoms with Crippen molar-refractivity contribution in [3.8, 4) is 0 Å². The largest absolute Gasteiger partial charge is 0.670 e. The average molecular weight is 362 g/mol. The van der Waals surface area contributed by atoms with E-state index in [1.165, 1.54) is 0 Å². The number of pyridine rings is 1. The number of amides is 1. The number of fused-ring (bicyclic) bond motifs is 2. The fourth-order valence-electron chi connectivity index (χ4n) is 2.66. The van der Waals surface area contributed by atoms with Crippen LogP contribution in [0.15, 0.2) is 24.3 Å². The second-order valence-electron chi connectivity index (χ2n) is 5.21. The number of carbonyl (C=O) groups excluding carboxylic acids is 1. The summed E-state index contributed by atoms with van der Waals surface area (Å²) in [6.07, 6.45) is 1.06. The Morgan fingerprint density at radius 1 is 1.35 bits per heavy atom. The maximum absolute atomic E-state index is 11.4. The number of halogens is 1. The number of rotatable bonds is 2. The molecule has 0 saturated carbocycles. The molecule has 1 aromatic heterocycles. The van der Waals surface area contributed by atoms with Gasteiger partial charge in [-0.15, -0.1) is 17.0 Å². The zero-order valence-electron chi connectivity index (χ0n) is 10.9. The third-order valence-electron chi connectivity index (χ3n) is 3.74. The molecule has 0 fully saturated rings. The molecule has 101 valence electrons. The van der Waals surface area contributed by atoms with Crippen LogP contribution < -0.4 is 0 Å². The van der Waals surface area contributed by atoms with Crippen LogP contribution in [-0.4, -0.2) is 10.9 Å². The van der Waals surface area contributed by atoms with Crippen LogP contribution in [0.25, 0.3) is 16.6 Å². The van der Waals surface area contributed by atoms with Gasteiger partial charge in [0.15, 0.2) is 0 Å². The Labute approximate surface area is 148 Å². The second-order valence-corrected chi connectivity index (χ2v) is 5.48. The minimum atomic E-state index is -0.824. The van der Waals surface area contributed by atoms with Crippen LogP contribution >= 0.6 is 11.6 Å². The Morgan fingerprint density at radius 3 is 2.60 bits per heavy atom. The first-order chi connectivity index (χ1) is 9.01. The van der Waals surface area contributed by atoms with Gasteiger partial charge in [0, 0.05) is 44.0 Å². The van der Waals surface area contributed by atoms with Crippen LogP contribution in [0.1, 0.15) is 16.8 Å². The number of nitrogens with zero attached hydrogens (tertiary/aromatic N) is 1. The predicted molar refractivity (Wildman–Crippen MR) is 75.8 cm³/mol. The fraction of sp³-hybridized carbons (Fsp3) is 0.267. The molecule has 1 N–H and O–H groups in total. The zero-order chi connectivity index (χ0) is 13.6. The molecule has 2 aromatic rings. The molecular formula is C15H13ClN2OY-2. The molecule has 1 atom stereocenters. The van der Waals surface area contributed by atoms with E-state index in [4.69, 9.17) is 17.3 Å². The van der Waals surface area contributed by atoms with E-state index in [2.05, 4.69) is 11.9 Å². The van der Waals surface area contributed by atoms with Crippen molar-refractivity contribution in [2.75, 3.05) is 0 Å². The molecular weight excluding hydrogens is 349 g/mol. The molecule has 1 heterocycles. The zero-order valence-corrected chi connectivity index (χ0v) is 14.5. The van der Waals surface area contributed by atoms with Crippen LogP contribution in [0, 0.1) is 12.3 Å². The first kappa shape index (κ1) is 15.9. The molecule has 1 radical (unpaired) electrons. The van der Waals surface area contributed by atoms with Crippen molar-refractivity contribution in [3.05, 3.63) is 53.7 Å². The van der Waals surface area contributed by atoms with Gasteiger partial charge in [0.1, 0.15) is 0 Å². The SMILES string of the molecule is [CH2-]C1(C([NH-])=O)Cc2cc3ccc(CCl)nc3cc2C1.[Y]. The van der Waals surface area contributed by atoms with Crippen LogP contribution in [0.4, 0.5) is 0 Å². The molecule has 0 saturated heterocycles. The summed E-state index contributed by atoms with van der Waals surface area (Å²) in [7, 11) is 0. The molecule has 0 aliphatic heterocycles. The Kier molecular flexibility index (Phi) is 4.53. The van der Waals surface area contributed by atoms with Gasteiger partial charge < -0.3 is 17.5 Å². The maximum atomic E-state index is 11.4. The standard InChI is InChI=1S/C15H14ClN2O.Y/c1-15(14(17)19)6-10-4-9-2-3-12(8-16)18-13(9)5-11(10)7-15;/h2-5H,1,6-8H2,(H2,17,19);/q-1;/p-1. The van der Waals surface area contributed by atoms with E-state index in [0.717, 1.165) is 27.7 Å². The third-order valence-corrected chi connectivity index (χ3v) is 4.02. The number of carbonyl (C=O) groups is 1. The summed E-state index contributed by atoms with van der Waals surface area (Å²) in [5, 5.41) is 1.04. The molecule has 3 nitrogen and oxygen atoms in total. The smallest absolute Gasteiger partial charge is 0.0708 e. The van der Waals surface area contributed by atoms with E-state index in [-0.39, 0.29) is 32.7 Å². The van der Waals surface area contributed by atoms with Crippen molar-refractivity contribution in [2.24, 2.45) is 5.41 Å². The van der Waals surface area contributed by atoms with E-state index in [1.807, 2.05) is 24.3 Å². The Bertz CT molecular complexity index is 689. The summed E-state index contributed by atoms with van der Waals surface area (Å²) < 4.78 is 0. The van der Waals surface area contributed by atoms with Crippen molar-refractivity contribution in [1.29, 1.82) is 0 Å². The van der Waals surface area contributed by atoms with Gasteiger partial charge in [-0.3, -0.25) is 4.98 Å². The molecule has 0 spiro atoms. The molecule has 1 aliphatic carbocycles. The first-order valence-corrected chi connectivity index (χ1v) is 6.64. The van der Waals surface area contributed by atoms with Crippen molar-refractivity contribution in [1.82, 2.24) is 4.98 Å². The van der Waals surface area contributed by atoms with E-state index in [9.17, 15) is 4.79 Å². The third kappa shape index (κ3) is 2.64. The summed E-state index contributed by atoms with van der Waals surface area (Å²) >= 11 is 5.79. The topological polar surface area (TPSA) is 53.8 Å². The Morgan fingerprint density at radius 2 is 2.00 bits per heavy atom. The van der Waals surface area contributed by atoms with E-state index >= 15 is 0 Å². The van der Waals surface area contributed by atoms with E-state index in [0.29, 0.717) is 18.7 Å². The van der Waals surface area contributed by atoms with Gasteiger partial charge in [0.2, 0.25) is 0 Å². The quantitative estimate of drug-likeness (QED) is 0.607. The summed E-state index contributed by atoms with van der Waals surface area (Å²) in [5.41, 5.74) is 10.4. The average Bonchev–Trinajstić information content (AvgIpc) is 2.72. The Balaban J connectivity index is 0.00000147. The van der Waals surface area contributed by atoms with Crippen molar-refractivity contribution >= 4 is 28.4 Å². The minimum Gasteiger partial charge on any atom is -0.670 e.